The Labute approximate surface area is 229 Å². The Morgan fingerprint density at radius 1 is 1.11 bits per heavy atom. The summed E-state index contributed by atoms with van der Waals surface area (Å²) >= 11 is 12.7. The fourth-order valence-electron chi connectivity index (χ4n) is 3.41. The van der Waals surface area contributed by atoms with Gasteiger partial charge in [0.25, 0.3) is 0 Å². The highest BCUT2D eigenvalue weighted by Gasteiger charge is 2.25. The predicted molar refractivity (Wildman–Crippen MR) is 143 cm³/mol. The monoisotopic (exact) mass is 554 g/mol. The number of nitrogens with one attached hydrogen (secondary N) is 1. The van der Waals surface area contributed by atoms with Crippen molar-refractivity contribution in [2.75, 3.05) is 11.9 Å². The van der Waals surface area contributed by atoms with Gasteiger partial charge in [-0.3, -0.25) is 9.59 Å². The molecule has 0 bridgehead atoms. The van der Waals surface area contributed by atoms with E-state index in [-0.39, 0.29) is 63.1 Å². The van der Waals surface area contributed by atoms with Crippen LogP contribution in [-0.4, -0.2) is 40.4 Å². The molecule has 0 unspecified atom stereocenters. The molecule has 9 nitrogen and oxygen atoms in total. The number of nitriles is 1. The van der Waals surface area contributed by atoms with Crippen LogP contribution in [0.2, 0.25) is 10.0 Å². The van der Waals surface area contributed by atoms with E-state index < -0.39 is 11.6 Å². The van der Waals surface area contributed by atoms with E-state index in [4.69, 9.17) is 32.7 Å². The molecule has 0 saturated heterocycles. The molecule has 1 aromatic heterocycles. The summed E-state index contributed by atoms with van der Waals surface area (Å²) < 4.78 is 10.5. The van der Waals surface area contributed by atoms with E-state index in [0.29, 0.717) is 17.5 Å². The van der Waals surface area contributed by atoms with Gasteiger partial charge in [0.2, 0.25) is 0 Å². The van der Waals surface area contributed by atoms with Gasteiger partial charge in [0.15, 0.2) is 12.1 Å². The first kappa shape index (κ1) is 28.6. The van der Waals surface area contributed by atoms with Crippen LogP contribution in [0.5, 0.6) is 0 Å². The summed E-state index contributed by atoms with van der Waals surface area (Å²) in [5.41, 5.74) is 0.613. The highest BCUT2D eigenvalue weighted by molar-refractivity contribution is 6.39. The number of aldehydes is 1. The SMILES string of the molecule is CCOC(=O)c1c(C=O)nc(-c2c(Cl)cc(C#N)cc2Cl)nc1Nc1ccc(CC(=O)OC(C)(C)C)cc1. The van der Waals surface area contributed by atoms with Gasteiger partial charge in [-0.2, -0.15) is 5.26 Å². The molecule has 3 rings (SSSR count). The van der Waals surface area contributed by atoms with Gasteiger partial charge < -0.3 is 14.8 Å². The van der Waals surface area contributed by atoms with Crippen LogP contribution in [-0.2, 0) is 20.7 Å². The number of rotatable bonds is 8. The van der Waals surface area contributed by atoms with Gasteiger partial charge in [-0.15, -0.1) is 0 Å². The molecule has 38 heavy (non-hydrogen) atoms. The van der Waals surface area contributed by atoms with Crippen LogP contribution in [0.4, 0.5) is 11.5 Å². The molecule has 0 amide bonds. The summed E-state index contributed by atoms with van der Waals surface area (Å²) in [5, 5.41) is 12.4. The molecule has 1 N–H and O–H groups in total. The Bertz CT molecular complexity index is 1400. The predicted octanol–water partition coefficient (Wildman–Crippen LogP) is 5.94. The number of benzene rings is 2. The minimum atomic E-state index is -0.804. The molecule has 0 saturated carbocycles. The molecular weight excluding hydrogens is 531 g/mol. The molecule has 0 radical (unpaired) electrons. The Kier molecular flexibility index (Phi) is 9.04. The van der Waals surface area contributed by atoms with Gasteiger partial charge in [0.1, 0.15) is 22.7 Å². The second kappa shape index (κ2) is 12.0. The van der Waals surface area contributed by atoms with Crippen molar-refractivity contribution in [3.63, 3.8) is 0 Å². The third-order valence-electron chi connectivity index (χ3n) is 4.91. The molecule has 1 heterocycles. The summed E-state index contributed by atoms with van der Waals surface area (Å²) in [4.78, 5) is 45.5. The lowest BCUT2D eigenvalue weighted by molar-refractivity contribution is -0.153. The number of anilines is 2. The van der Waals surface area contributed by atoms with E-state index in [1.54, 1.807) is 52.0 Å². The number of carbonyl (C=O) groups is 3. The van der Waals surface area contributed by atoms with Gasteiger partial charge in [-0.25, -0.2) is 14.8 Å². The lowest BCUT2D eigenvalue weighted by Gasteiger charge is -2.19. The summed E-state index contributed by atoms with van der Waals surface area (Å²) in [6, 6.07) is 11.5. The van der Waals surface area contributed by atoms with Crippen molar-refractivity contribution < 1.29 is 23.9 Å². The van der Waals surface area contributed by atoms with E-state index in [9.17, 15) is 19.6 Å². The standard InChI is InChI=1S/C27H24Cl2N4O5/c1-5-37-26(36)23-20(14-34)32-24(22-18(28)10-16(13-30)11-19(22)29)33-25(23)31-17-8-6-15(7-9-17)12-21(35)38-27(2,3)4/h6-11,14H,5,12H2,1-4H3,(H,31,32,33). The zero-order valence-electron chi connectivity index (χ0n) is 21.1. The average molecular weight is 555 g/mol. The van der Waals surface area contributed by atoms with Crippen LogP contribution < -0.4 is 5.32 Å². The van der Waals surface area contributed by atoms with Gasteiger partial charge in [0, 0.05) is 5.69 Å². The van der Waals surface area contributed by atoms with Crippen molar-refractivity contribution in [1.29, 1.82) is 5.26 Å². The minimum Gasteiger partial charge on any atom is -0.462 e. The Hall–Kier alpha value is -4.00. The number of hydrogen-bond acceptors (Lipinski definition) is 9. The van der Waals surface area contributed by atoms with Crippen LogP contribution in [0.15, 0.2) is 36.4 Å². The van der Waals surface area contributed by atoms with E-state index in [1.165, 1.54) is 12.1 Å². The summed E-state index contributed by atoms with van der Waals surface area (Å²) in [6.07, 6.45) is 0.478. The highest BCUT2D eigenvalue weighted by atomic mass is 35.5. The fraction of sp³-hybridized carbons (Fsp3) is 0.259. The maximum absolute atomic E-state index is 12.7. The number of carbonyl (C=O) groups excluding carboxylic acids is 3. The molecule has 0 fully saturated rings. The Balaban J connectivity index is 2.04. The fourth-order valence-corrected chi connectivity index (χ4v) is 4.06. The van der Waals surface area contributed by atoms with Gasteiger partial charge >= 0.3 is 11.9 Å². The molecule has 0 spiro atoms. The first-order valence-electron chi connectivity index (χ1n) is 11.5. The van der Waals surface area contributed by atoms with Crippen molar-refractivity contribution >= 4 is 52.9 Å². The molecule has 0 aliphatic rings. The maximum atomic E-state index is 12.7. The molecule has 196 valence electrons. The molecule has 11 heteroatoms. The molecular formula is C27H24Cl2N4O5. The zero-order chi connectivity index (χ0) is 28.0. The van der Waals surface area contributed by atoms with Crippen LogP contribution in [0, 0.1) is 11.3 Å². The van der Waals surface area contributed by atoms with Crippen molar-refractivity contribution in [3.8, 4) is 17.5 Å². The minimum absolute atomic E-state index is 0.0214. The third kappa shape index (κ3) is 7.06. The summed E-state index contributed by atoms with van der Waals surface area (Å²) in [6.45, 7) is 7.06. The second-order valence-electron chi connectivity index (χ2n) is 9.01. The number of ether oxygens (including phenoxy) is 2. The van der Waals surface area contributed by atoms with E-state index in [1.807, 2.05) is 6.07 Å². The van der Waals surface area contributed by atoms with Crippen molar-refractivity contribution in [2.45, 2.75) is 39.7 Å². The number of halogens is 2. The van der Waals surface area contributed by atoms with Gasteiger partial charge in [-0.1, -0.05) is 35.3 Å². The topological polar surface area (TPSA) is 131 Å². The zero-order valence-corrected chi connectivity index (χ0v) is 22.6. The average Bonchev–Trinajstić information content (AvgIpc) is 2.83. The lowest BCUT2D eigenvalue weighted by atomic mass is 10.1. The van der Waals surface area contributed by atoms with Crippen molar-refractivity contribution in [2.24, 2.45) is 0 Å². The van der Waals surface area contributed by atoms with Crippen LogP contribution in [0.1, 0.15) is 59.7 Å². The van der Waals surface area contributed by atoms with Crippen LogP contribution in [0.3, 0.4) is 0 Å². The highest BCUT2D eigenvalue weighted by Crippen LogP contribution is 2.36. The van der Waals surface area contributed by atoms with Crippen molar-refractivity contribution in [1.82, 2.24) is 9.97 Å². The lowest BCUT2D eigenvalue weighted by Crippen LogP contribution is -2.24. The largest absolute Gasteiger partial charge is 0.462 e. The molecule has 3 aromatic rings. The molecule has 0 atom stereocenters. The molecule has 0 aliphatic heterocycles. The summed E-state index contributed by atoms with van der Waals surface area (Å²) in [5.74, 6) is -1.23. The number of nitrogens with zero attached hydrogens (tertiary/aromatic N) is 3. The van der Waals surface area contributed by atoms with E-state index in [0.717, 1.165) is 0 Å². The number of aromatic nitrogens is 2. The third-order valence-corrected chi connectivity index (χ3v) is 5.50. The normalized spacial score (nSPS) is 10.9. The smallest absolute Gasteiger partial charge is 0.344 e. The van der Waals surface area contributed by atoms with Crippen LogP contribution in [0.25, 0.3) is 11.4 Å². The number of hydrogen-bond donors (Lipinski definition) is 1. The van der Waals surface area contributed by atoms with Crippen LogP contribution >= 0.6 is 23.2 Å². The Morgan fingerprint density at radius 2 is 1.74 bits per heavy atom. The summed E-state index contributed by atoms with van der Waals surface area (Å²) in [7, 11) is 0. The van der Waals surface area contributed by atoms with Gasteiger partial charge in [-0.05, 0) is 57.5 Å². The first-order chi connectivity index (χ1) is 17.9. The number of esters is 2. The first-order valence-corrected chi connectivity index (χ1v) is 12.2. The maximum Gasteiger partial charge on any atom is 0.344 e. The van der Waals surface area contributed by atoms with Crippen molar-refractivity contribution in [3.05, 3.63) is 68.8 Å². The molecule has 2 aromatic carbocycles. The Morgan fingerprint density at radius 3 is 2.26 bits per heavy atom. The van der Waals surface area contributed by atoms with E-state index in [2.05, 4.69) is 15.3 Å². The second-order valence-corrected chi connectivity index (χ2v) is 9.82. The van der Waals surface area contributed by atoms with E-state index >= 15 is 0 Å². The molecule has 0 aliphatic carbocycles. The quantitative estimate of drug-likeness (QED) is 0.265. The van der Waals surface area contributed by atoms with Gasteiger partial charge in [0.05, 0.1) is 40.3 Å².